The number of nitrogens with two attached hydrogens (primary N) is 1. The van der Waals surface area contributed by atoms with Crippen LogP contribution in [0.3, 0.4) is 0 Å². The minimum Gasteiger partial charge on any atom is -0.396 e. The van der Waals surface area contributed by atoms with Crippen LogP contribution in [0.5, 0.6) is 0 Å². The second kappa shape index (κ2) is 4.98. The van der Waals surface area contributed by atoms with Crippen LogP contribution < -0.4 is 11.1 Å². The van der Waals surface area contributed by atoms with E-state index >= 15 is 0 Å². The Labute approximate surface area is 121 Å². The molecule has 3 rings (SSSR count). The number of aromatic nitrogens is 2. The van der Waals surface area contributed by atoms with E-state index in [2.05, 4.69) is 15.3 Å². The van der Waals surface area contributed by atoms with Gasteiger partial charge in [-0.2, -0.15) is 0 Å². The van der Waals surface area contributed by atoms with E-state index in [1.54, 1.807) is 6.20 Å². The molecular weight excluding hydrogens is 272 g/mol. The van der Waals surface area contributed by atoms with E-state index in [0.717, 1.165) is 16.5 Å². The van der Waals surface area contributed by atoms with Crippen molar-refractivity contribution in [2.45, 2.75) is 6.92 Å². The van der Waals surface area contributed by atoms with Gasteiger partial charge in [-0.15, -0.1) is 0 Å². The molecule has 100 valence electrons. The van der Waals surface area contributed by atoms with Gasteiger partial charge < -0.3 is 11.1 Å². The van der Waals surface area contributed by atoms with Crippen LogP contribution in [0.15, 0.2) is 42.6 Å². The third-order valence-electron chi connectivity index (χ3n) is 3.11. The molecule has 0 spiro atoms. The highest BCUT2D eigenvalue weighted by molar-refractivity contribution is 6.31. The van der Waals surface area contributed by atoms with Crippen molar-refractivity contribution in [3.63, 3.8) is 0 Å². The summed E-state index contributed by atoms with van der Waals surface area (Å²) in [6.45, 7) is 1.94. The number of nitrogen functional groups attached to an aromatic ring is 1. The Kier molecular flexibility index (Phi) is 3.16. The Morgan fingerprint density at radius 1 is 1.15 bits per heavy atom. The Hall–Kier alpha value is -2.33. The van der Waals surface area contributed by atoms with E-state index in [-0.39, 0.29) is 0 Å². The van der Waals surface area contributed by atoms with Gasteiger partial charge in [0.15, 0.2) is 5.82 Å². The Balaban J connectivity index is 1.99. The molecule has 0 atom stereocenters. The van der Waals surface area contributed by atoms with E-state index in [4.69, 9.17) is 17.3 Å². The van der Waals surface area contributed by atoms with E-state index in [0.29, 0.717) is 22.3 Å². The molecule has 5 heteroatoms. The number of halogens is 1. The Morgan fingerprint density at radius 3 is 2.85 bits per heavy atom. The second-order valence-corrected chi connectivity index (χ2v) is 4.99. The van der Waals surface area contributed by atoms with Crippen LogP contribution in [0.2, 0.25) is 5.02 Å². The fourth-order valence-electron chi connectivity index (χ4n) is 1.96. The standard InChI is InChI=1S/C15H13ClN4/c1-9-6-7-18-15(14(9)17)20-13-5-2-10-8-11(16)3-4-12(10)19-13/h2-8H,17H2,1H3,(H,18,19,20). The van der Waals surface area contributed by atoms with Gasteiger partial charge >= 0.3 is 0 Å². The molecule has 2 heterocycles. The molecule has 0 aliphatic rings. The smallest absolute Gasteiger partial charge is 0.154 e. The SMILES string of the molecule is Cc1ccnc(Nc2ccc3cc(Cl)ccc3n2)c1N. The Morgan fingerprint density at radius 2 is 2.00 bits per heavy atom. The van der Waals surface area contributed by atoms with Crippen molar-refractivity contribution in [2.75, 3.05) is 11.1 Å². The number of aryl methyl sites for hydroxylation is 1. The van der Waals surface area contributed by atoms with E-state index in [1.807, 2.05) is 43.3 Å². The Bertz CT molecular complexity index is 786. The van der Waals surface area contributed by atoms with Crippen molar-refractivity contribution in [1.82, 2.24) is 9.97 Å². The quantitative estimate of drug-likeness (QED) is 0.749. The average Bonchev–Trinajstić information content (AvgIpc) is 2.44. The van der Waals surface area contributed by atoms with Crippen LogP contribution in [0, 0.1) is 6.92 Å². The van der Waals surface area contributed by atoms with Gasteiger partial charge in [-0.3, -0.25) is 0 Å². The predicted molar refractivity (Wildman–Crippen MR) is 83.4 cm³/mol. The summed E-state index contributed by atoms with van der Waals surface area (Å²) in [5.74, 6) is 1.32. The topological polar surface area (TPSA) is 63.8 Å². The van der Waals surface area contributed by atoms with Gasteiger partial charge in [-0.25, -0.2) is 9.97 Å². The lowest BCUT2D eigenvalue weighted by Gasteiger charge is -2.09. The first-order valence-corrected chi connectivity index (χ1v) is 6.56. The number of anilines is 3. The van der Waals surface area contributed by atoms with Crippen molar-refractivity contribution in [1.29, 1.82) is 0 Å². The van der Waals surface area contributed by atoms with Crippen LogP contribution >= 0.6 is 11.6 Å². The van der Waals surface area contributed by atoms with E-state index in [1.165, 1.54) is 0 Å². The summed E-state index contributed by atoms with van der Waals surface area (Å²) in [7, 11) is 0. The second-order valence-electron chi connectivity index (χ2n) is 4.55. The normalized spacial score (nSPS) is 10.7. The maximum absolute atomic E-state index is 5.99. The molecule has 20 heavy (non-hydrogen) atoms. The van der Waals surface area contributed by atoms with Crippen molar-refractivity contribution in [3.05, 3.63) is 53.2 Å². The first kappa shape index (κ1) is 12.7. The highest BCUT2D eigenvalue weighted by atomic mass is 35.5. The van der Waals surface area contributed by atoms with Crippen LogP contribution in [0.25, 0.3) is 10.9 Å². The molecule has 0 saturated carbocycles. The fourth-order valence-corrected chi connectivity index (χ4v) is 2.14. The number of rotatable bonds is 2. The van der Waals surface area contributed by atoms with Gasteiger partial charge in [0.2, 0.25) is 0 Å². The number of benzene rings is 1. The summed E-state index contributed by atoms with van der Waals surface area (Å²) < 4.78 is 0. The number of hydrogen-bond donors (Lipinski definition) is 2. The number of pyridine rings is 2. The predicted octanol–water partition coefficient (Wildman–Crippen LogP) is 3.92. The van der Waals surface area contributed by atoms with Gasteiger partial charge in [-0.05, 0) is 48.9 Å². The zero-order chi connectivity index (χ0) is 14.1. The lowest BCUT2D eigenvalue weighted by Crippen LogP contribution is -2.02. The van der Waals surface area contributed by atoms with Gasteiger partial charge in [0.05, 0.1) is 11.2 Å². The summed E-state index contributed by atoms with van der Waals surface area (Å²) >= 11 is 5.96. The van der Waals surface area contributed by atoms with E-state index < -0.39 is 0 Å². The number of nitrogens with one attached hydrogen (secondary N) is 1. The van der Waals surface area contributed by atoms with Crippen LogP contribution in [-0.2, 0) is 0 Å². The third kappa shape index (κ3) is 2.38. The third-order valence-corrected chi connectivity index (χ3v) is 3.34. The minimum atomic E-state index is 0.616. The number of hydrogen-bond acceptors (Lipinski definition) is 4. The van der Waals surface area contributed by atoms with E-state index in [9.17, 15) is 0 Å². The minimum absolute atomic E-state index is 0.616. The molecule has 3 N–H and O–H groups in total. The van der Waals surface area contributed by atoms with Crippen LogP contribution in [-0.4, -0.2) is 9.97 Å². The zero-order valence-electron chi connectivity index (χ0n) is 10.9. The monoisotopic (exact) mass is 284 g/mol. The summed E-state index contributed by atoms with van der Waals surface area (Å²) in [6.07, 6.45) is 1.72. The first-order valence-electron chi connectivity index (χ1n) is 6.18. The lowest BCUT2D eigenvalue weighted by molar-refractivity contribution is 1.25. The van der Waals surface area contributed by atoms with Gasteiger partial charge in [0.25, 0.3) is 0 Å². The number of nitrogens with zero attached hydrogens (tertiary/aromatic N) is 2. The van der Waals surface area contributed by atoms with Crippen molar-refractivity contribution in [3.8, 4) is 0 Å². The summed E-state index contributed by atoms with van der Waals surface area (Å²) in [4.78, 5) is 8.75. The molecule has 0 fully saturated rings. The van der Waals surface area contributed by atoms with Crippen LogP contribution in [0.4, 0.5) is 17.3 Å². The molecule has 0 unspecified atom stereocenters. The first-order chi connectivity index (χ1) is 9.63. The molecule has 3 aromatic rings. The summed E-state index contributed by atoms with van der Waals surface area (Å²) in [5, 5.41) is 4.83. The molecule has 1 aromatic carbocycles. The van der Waals surface area contributed by atoms with Crippen molar-refractivity contribution >= 4 is 39.8 Å². The molecule has 0 aliphatic heterocycles. The molecule has 4 nitrogen and oxygen atoms in total. The highest BCUT2D eigenvalue weighted by Gasteiger charge is 2.05. The maximum atomic E-state index is 5.99. The molecule has 0 radical (unpaired) electrons. The highest BCUT2D eigenvalue weighted by Crippen LogP contribution is 2.24. The van der Waals surface area contributed by atoms with Crippen molar-refractivity contribution < 1.29 is 0 Å². The maximum Gasteiger partial charge on any atom is 0.154 e. The van der Waals surface area contributed by atoms with Gasteiger partial charge in [0, 0.05) is 16.6 Å². The molecule has 0 saturated heterocycles. The average molecular weight is 285 g/mol. The molecule has 0 bridgehead atoms. The van der Waals surface area contributed by atoms with Crippen molar-refractivity contribution in [2.24, 2.45) is 0 Å². The fraction of sp³-hybridized carbons (Fsp3) is 0.0667. The van der Waals surface area contributed by atoms with Gasteiger partial charge in [-0.1, -0.05) is 11.6 Å². The summed E-state index contributed by atoms with van der Waals surface area (Å²) in [5.41, 5.74) is 8.47. The number of fused-ring (bicyclic) bond motifs is 1. The molecule has 0 amide bonds. The lowest BCUT2D eigenvalue weighted by atomic mass is 10.2. The largest absolute Gasteiger partial charge is 0.396 e. The molecule has 2 aromatic heterocycles. The molecule has 0 aliphatic carbocycles. The van der Waals surface area contributed by atoms with Crippen LogP contribution in [0.1, 0.15) is 5.56 Å². The van der Waals surface area contributed by atoms with Gasteiger partial charge in [0.1, 0.15) is 5.82 Å². The molecular formula is C15H13ClN4. The zero-order valence-corrected chi connectivity index (χ0v) is 11.6. The summed E-state index contributed by atoms with van der Waals surface area (Å²) in [6, 6.07) is 11.3.